The number of halogens is 1. The molecule has 2 aromatic carbocycles. The Morgan fingerprint density at radius 1 is 1.07 bits per heavy atom. The van der Waals surface area contributed by atoms with Crippen molar-refractivity contribution in [2.45, 2.75) is 26.4 Å². The van der Waals surface area contributed by atoms with Crippen molar-refractivity contribution in [3.8, 4) is 0 Å². The summed E-state index contributed by atoms with van der Waals surface area (Å²) in [6.45, 7) is 4.23. The van der Waals surface area contributed by atoms with Gasteiger partial charge in [0.1, 0.15) is 5.82 Å². The van der Waals surface area contributed by atoms with Crippen molar-refractivity contribution in [2.75, 3.05) is 5.32 Å². The molecule has 0 spiro atoms. The molecule has 0 aliphatic heterocycles. The van der Waals surface area contributed by atoms with Gasteiger partial charge >= 0.3 is 0 Å². The Morgan fingerprint density at radius 2 is 1.77 bits per heavy atom. The average molecular weight is 466 g/mol. The molecule has 4 aromatic rings. The number of hydrogen-bond acceptors (Lipinski definition) is 4. The van der Waals surface area contributed by atoms with E-state index in [0.29, 0.717) is 23.1 Å². The summed E-state index contributed by atoms with van der Waals surface area (Å²) in [5.74, 6) is 0.161. The predicted molar refractivity (Wildman–Crippen MR) is 120 cm³/mol. The number of nitrogens with one attached hydrogen (secondary N) is 1. The molecule has 1 N–H and O–H groups in total. The minimum atomic E-state index is -0.391. The molecule has 0 fully saturated rings. The quantitative estimate of drug-likeness (QED) is 0.477. The second-order valence-electron chi connectivity index (χ2n) is 7.19. The van der Waals surface area contributed by atoms with E-state index >= 15 is 0 Å². The first-order chi connectivity index (χ1) is 14.4. The van der Waals surface area contributed by atoms with Crippen molar-refractivity contribution in [1.82, 2.24) is 19.6 Å². The zero-order valence-corrected chi connectivity index (χ0v) is 18.1. The molecular formula is C22H20BrN5O2. The van der Waals surface area contributed by atoms with Gasteiger partial charge in [-0.2, -0.15) is 10.2 Å². The Bertz CT molecular complexity index is 1270. The number of fused-ring (bicyclic) bond motifs is 1. The fraction of sp³-hybridized carbons (Fsp3) is 0.182. The zero-order valence-electron chi connectivity index (χ0n) is 16.5. The molecule has 30 heavy (non-hydrogen) atoms. The normalized spacial score (nSPS) is 11.2. The first-order valence-electron chi connectivity index (χ1n) is 9.53. The summed E-state index contributed by atoms with van der Waals surface area (Å²) in [7, 11) is 0. The van der Waals surface area contributed by atoms with Crippen LogP contribution in [-0.2, 0) is 6.54 Å². The molecule has 0 aliphatic rings. The maximum atomic E-state index is 13.1. The van der Waals surface area contributed by atoms with Crippen LogP contribution in [0.2, 0.25) is 0 Å². The maximum Gasteiger partial charge on any atom is 0.277 e. The highest BCUT2D eigenvalue weighted by atomic mass is 79.9. The molecule has 8 heteroatoms. The van der Waals surface area contributed by atoms with Crippen molar-refractivity contribution in [2.24, 2.45) is 0 Å². The molecule has 0 aliphatic carbocycles. The number of amides is 1. The average Bonchev–Trinajstić information content (AvgIpc) is 3.16. The third kappa shape index (κ3) is 3.91. The standard InChI is InChI=1S/C22H20BrN5O2/c1-14(2)28-22(30)18-6-4-3-5-17(18)20(26-28)21(29)25-19-11-12-24-27(19)13-15-7-9-16(23)10-8-15/h3-12,14H,13H2,1-2H3,(H,25,29). The van der Waals surface area contributed by atoms with Crippen LogP contribution in [0.15, 0.2) is 70.1 Å². The molecule has 0 saturated heterocycles. The molecule has 0 unspecified atom stereocenters. The summed E-state index contributed by atoms with van der Waals surface area (Å²) in [5, 5.41) is 12.6. The van der Waals surface area contributed by atoms with Gasteiger partial charge in [-0.25, -0.2) is 9.36 Å². The van der Waals surface area contributed by atoms with Crippen LogP contribution in [-0.4, -0.2) is 25.5 Å². The lowest BCUT2D eigenvalue weighted by molar-refractivity contribution is 0.102. The lowest BCUT2D eigenvalue weighted by Crippen LogP contribution is -2.29. The third-order valence-electron chi connectivity index (χ3n) is 4.74. The molecule has 7 nitrogen and oxygen atoms in total. The van der Waals surface area contributed by atoms with E-state index in [1.807, 2.05) is 38.1 Å². The molecule has 0 atom stereocenters. The van der Waals surface area contributed by atoms with E-state index < -0.39 is 5.91 Å². The van der Waals surface area contributed by atoms with Crippen LogP contribution in [0.3, 0.4) is 0 Å². The number of carbonyl (C=O) groups excluding carboxylic acids is 1. The van der Waals surface area contributed by atoms with Gasteiger partial charge in [-0.1, -0.05) is 46.3 Å². The molecule has 2 heterocycles. The van der Waals surface area contributed by atoms with Crippen LogP contribution in [0.1, 0.15) is 35.9 Å². The first-order valence-corrected chi connectivity index (χ1v) is 10.3. The molecule has 2 aromatic heterocycles. The van der Waals surface area contributed by atoms with Crippen molar-refractivity contribution in [1.29, 1.82) is 0 Å². The van der Waals surface area contributed by atoms with Crippen molar-refractivity contribution in [3.05, 3.63) is 86.9 Å². The number of anilines is 1. The Kier molecular flexibility index (Phi) is 5.50. The summed E-state index contributed by atoms with van der Waals surface area (Å²) in [6.07, 6.45) is 1.63. The first kappa shape index (κ1) is 20.0. The second kappa shape index (κ2) is 8.23. The van der Waals surface area contributed by atoms with Gasteiger partial charge in [0, 0.05) is 15.9 Å². The highest BCUT2D eigenvalue weighted by Crippen LogP contribution is 2.18. The van der Waals surface area contributed by atoms with Gasteiger partial charge in [0.15, 0.2) is 5.69 Å². The van der Waals surface area contributed by atoms with E-state index in [4.69, 9.17) is 0 Å². The van der Waals surface area contributed by atoms with Crippen molar-refractivity contribution < 1.29 is 4.79 Å². The molecule has 0 bridgehead atoms. The molecule has 152 valence electrons. The number of carbonyl (C=O) groups is 1. The van der Waals surface area contributed by atoms with Gasteiger partial charge in [-0.05, 0) is 37.6 Å². The summed E-state index contributed by atoms with van der Waals surface area (Å²) in [6, 6.07) is 16.5. The largest absolute Gasteiger partial charge is 0.305 e. The molecule has 0 saturated carbocycles. The van der Waals surface area contributed by atoms with Crippen molar-refractivity contribution in [3.63, 3.8) is 0 Å². The fourth-order valence-corrected chi connectivity index (χ4v) is 3.49. The van der Waals surface area contributed by atoms with E-state index in [1.54, 1.807) is 41.2 Å². The SMILES string of the molecule is CC(C)n1nc(C(=O)Nc2ccnn2Cc2ccc(Br)cc2)c2ccccc2c1=O. The van der Waals surface area contributed by atoms with Gasteiger partial charge < -0.3 is 5.32 Å². The minimum Gasteiger partial charge on any atom is -0.305 e. The Labute approximate surface area is 181 Å². The monoisotopic (exact) mass is 465 g/mol. The summed E-state index contributed by atoms with van der Waals surface area (Å²) in [5.41, 5.74) is 1.04. The van der Waals surface area contributed by atoms with Crippen LogP contribution in [0.25, 0.3) is 10.8 Å². The Hall–Kier alpha value is -3.26. The van der Waals surface area contributed by atoms with Gasteiger partial charge in [0.05, 0.1) is 24.2 Å². The number of nitrogens with zero attached hydrogens (tertiary/aromatic N) is 4. The van der Waals surface area contributed by atoms with Crippen LogP contribution >= 0.6 is 15.9 Å². The highest BCUT2D eigenvalue weighted by molar-refractivity contribution is 9.10. The van der Waals surface area contributed by atoms with Gasteiger partial charge in [-0.15, -0.1) is 0 Å². The van der Waals surface area contributed by atoms with Gasteiger partial charge in [-0.3, -0.25) is 9.59 Å². The molecular weight excluding hydrogens is 446 g/mol. The molecule has 1 amide bonds. The van der Waals surface area contributed by atoms with Crippen LogP contribution in [0, 0.1) is 0 Å². The van der Waals surface area contributed by atoms with Gasteiger partial charge in [0.25, 0.3) is 11.5 Å². The van der Waals surface area contributed by atoms with Crippen LogP contribution in [0.5, 0.6) is 0 Å². The highest BCUT2D eigenvalue weighted by Gasteiger charge is 2.19. The van der Waals surface area contributed by atoms with Crippen LogP contribution in [0.4, 0.5) is 5.82 Å². The Morgan fingerprint density at radius 3 is 2.47 bits per heavy atom. The number of hydrogen-bond donors (Lipinski definition) is 1. The predicted octanol–water partition coefficient (Wildman–Crippen LogP) is 4.24. The summed E-state index contributed by atoms with van der Waals surface area (Å²) in [4.78, 5) is 25.8. The van der Waals surface area contributed by atoms with Crippen LogP contribution < -0.4 is 10.9 Å². The van der Waals surface area contributed by atoms with E-state index in [2.05, 4.69) is 31.4 Å². The molecule has 4 rings (SSSR count). The van der Waals surface area contributed by atoms with E-state index in [9.17, 15) is 9.59 Å². The number of aromatic nitrogens is 4. The smallest absolute Gasteiger partial charge is 0.277 e. The fourth-order valence-electron chi connectivity index (χ4n) is 3.23. The number of benzene rings is 2. The van der Waals surface area contributed by atoms with Gasteiger partial charge in [0.2, 0.25) is 0 Å². The lowest BCUT2D eigenvalue weighted by Gasteiger charge is -2.14. The lowest BCUT2D eigenvalue weighted by atomic mass is 10.1. The second-order valence-corrected chi connectivity index (χ2v) is 8.11. The molecule has 0 radical (unpaired) electrons. The number of rotatable bonds is 5. The summed E-state index contributed by atoms with van der Waals surface area (Å²) < 4.78 is 4.05. The minimum absolute atomic E-state index is 0.170. The topological polar surface area (TPSA) is 81.8 Å². The third-order valence-corrected chi connectivity index (χ3v) is 5.27. The van der Waals surface area contributed by atoms with E-state index in [0.717, 1.165) is 10.0 Å². The summed E-state index contributed by atoms with van der Waals surface area (Å²) >= 11 is 3.43. The van der Waals surface area contributed by atoms with E-state index in [-0.39, 0.29) is 17.3 Å². The maximum absolute atomic E-state index is 13.1. The van der Waals surface area contributed by atoms with Crippen molar-refractivity contribution >= 4 is 38.4 Å². The zero-order chi connectivity index (χ0) is 21.3. The van der Waals surface area contributed by atoms with E-state index in [1.165, 1.54) is 4.68 Å². The Balaban J connectivity index is 1.68.